The van der Waals surface area contributed by atoms with Gasteiger partial charge in [-0.25, -0.2) is 0 Å². The third kappa shape index (κ3) is 3.97. The lowest BCUT2D eigenvalue weighted by Gasteiger charge is -2.26. The van der Waals surface area contributed by atoms with Crippen molar-refractivity contribution in [3.8, 4) is 5.75 Å². The number of hydrogen-bond donors (Lipinski definition) is 0. The van der Waals surface area contributed by atoms with Crippen LogP contribution in [-0.2, 0) is 15.3 Å². The number of halogens is 2. The van der Waals surface area contributed by atoms with E-state index in [0.29, 0.717) is 18.5 Å². The lowest BCUT2D eigenvalue weighted by Crippen LogP contribution is -2.31. The van der Waals surface area contributed by atoms with E-state index in [4.69, 9.17) is 14.2 Å². The topological polar surface area (TPSA) is 27.7 Å². The third-order valence-corrected chi connectivity index (χ3v) is 5.04. The first kappa shape index (κ1) is 17.0. The van der Waals surface area contributed by atoms with Gasteiger partial charge in [-0.3, -0.25) is 0 Å². The fraction of sp³-hybridized carbons (Fsp3) is 0.333. The van der Waals surface area contributed by atoms with Gasteiger partial charge in [-0.1, -0.05) is 61.7 Å². The van der Waals surface area contributed by atoms with E-state index in [-0.39, 0.29) is 6.10 Å². The van der Waals surface area contributed by atoms with E-state index < -0.39 is 5.79 Å². The fourth-order valence-electron chi connectivity index (χ4n) is 2.47. The smallest absolute Gasteiger partial charge is 0.205 e. The zero-order valence-electron chi connectivity index (χ0n) is 12.8. The number of aryl methyl sites for hydroxylation is 1. The Bertz CT molecular complexity index is 642. The second-order valence-electron chi connectivity index (χ2n) is 5.57. The fourth-order valence-corrected chi connectivity index (χ4v) is 3.36. The number of hydrogen-bond acceptors (Lipinski definition) is 3. The minimum atomic E-state index is -0.735. The van der Waals surface area contributed by atoms with Crippen LogP contribution in [0.4, 0.5) is 0 Å². The summed E-state index contributed by atoms with van der Waals surface area (Å²) in [7, 11) is 0. The number of benzene rings is 2. The van der Waals surface area contributed by atoms with Gasteiger partial charge in [0.15, 0.2) is 0 Å². The van der Waals surface area contributed by atoms with Crippen molar-refractivity contribution in [1.29, 1.82) is 0 Å². The highest BCUT2D eigenvalue weighted by Gasteiger charge is 2.42. The molecule has 5 heteroatoms. The first-order valence-corrected chi connectivity index (χ1v) is 9.36. The van der Waals surface area contributed by atoms with E-state index in [0.717, 1.165) is 15.8 Å². The van der Waals surface area contributed by atoms with E-state index in [1.54, 1.807) is 0 Å². The predicted octanol–water partition coefficient (Wildman–Crippen LogP) is 4.80. The van der Waals surface area contributed by atoms with Gasteiger partial charge in [0.2, 0.25) is 5.79 Å². The molecule has 2 unspecified atom stereocenters. The van der Waals surface area contributed by atoms with Gasteiger partial charge in [-0.05, 0) is 31.2 Å². The van der Waals surface area contributed by atoms with Crippen molar-refractivity contribution in [2.75, 3.05) is 18.5 Å². The van der Waals surface area contributed by atoms with Crippen molar-refractivity contribution >= 4 is 31.9 Å². The van der Waals surface area contributed by atoms with Crippen LogP contribution in [0.25, 0.3) is 0 Å². The molecule has 0 N–H and O–H groups in total. The standard InChI is InChI=1S/C18H18Br2O3/c1-13-2-4-14(5-3-13)18(12-19)22-11-17(23-18)10-21-16-8-6-15(20)7-9-16/h2-9,17H,10-12H2,1H3. The highest BCUT2D eigenvalue weighted by Crippen LogP contribution is 2.36. The molecule has 0 saturated carbocycles. The lowest BCUT2D eigenvalue weighted by molar-refractivity contribution is -0.159. The molecule has 2 aromatic rings. The first-order valence-electron chi connectivity index (χ1n) is 7.44. The Morgan fingerprint density at radius 3 is 2.48 bits per heavy atom. The van der Waals surface area contributed by atoms with Crippen LogP contribution in [0.15, 0.2) is 53.0 Å². The highest BCUT2D eigenvalue weighted by molar-refractivity contribution is 9.10. The largest absolute Gasteiger partial charge is 0.491 e. The molecule has 1 aliphatic heterocycles. The van der Waals surface area contributed by atoms with E-state index in [1.807, 2.05) is 24.3 Å². The molecule has 0 amide bonds. The van der Waals surface area contributed by atoms with Crippen molar-refractivity contribution in [2.45, 2.75) is 18.8 Å². The number of alkyl halides is 1. The van der Waals surface area contributed by atoms with Gasteiger partial charge in [0, 0.05) is 10.0 Å². The summed E-state index contributed by atoms with van der Waals surface area (Å²) in [6.45, 7) is 3.04. The second kappa shape index (κ2) is 7.34. The van der Waals surface area contributed by atoms with Crippen molar-refractivity contribution in [1.82, 2.24) is 0 Å². The summed E-state index contributed by atoms with van der Waals surface area (Å²) in [5.41, 5.74) is 2.23. The zero-order valence-corrected chi connectivity index (χ0v) is 16.0. The van der Waals surface area contributed by atoms with Crippen molar-refractivity contribution in [3.63, 3.8) is 0 Å². The van der Waals surface area contributed by atoms with Crippen molar-refractivity contribution < 1.29 is 14.2 Å². The molecule has 1 saturated heterocycles. The molecule has 2 aromatic carbocycles. The molecule has 2 atom stereocenters. The van der Waals surface area contributed by atoms with E-state index in [9.17, 15) is 0 Å². The zero-order chi connectivity index (χ0) is 16.3. The van der Waals surface area contributed by atoms with Crippen LogP contribution in [-0.4, -0.2) is 24.6 Å². The molecule has 122 valence electrons. The monoisotopic (exact) mass is 440 g/mol. The normalized spacial score (nSPS) is 23.9. The van der Waals surface area contributed by atoms with Gasteiger partial charge in [0.25, 0.3) is 0 Å². The second-order valence-corrected chi connectivity index (χ2v) is 7.04. The summed E-state index contributed by atoms with van der Waals surface area (Å²) in [4.78, 5) is 0. The molecule has 0 spiro atoms. The predicted molar refractivity (Wildman–Crippen MR) is 97.1 cm³/mol. The molecular weight excluding hydrogens is 424 g/mol. The summed E-state index contributed by atoms with van der Waals surface area (Å²) in [6.07, 6.45) is -0.0995. The average molecular weight is 442 g/mol. The molecule has 0 aliphatic carbocycles. The minimum absolute atomic E-state index is 0.0995. The summed E-state index contributed by atoms with van der Waals surface area (Å²) in [6, 6.07) is 16.0. The van der Waals surface area contributed by atoms with Crippen LogP contribution in [0.3, 0.4) is 0 Å². The van der Waals surface area contributed by atoms with Crippen LogP contribution in [0.1, 0.15) is 11.1 Å². The third-order valence-electron chi connectivity index (χ3n) is 3.78. The van der Waals surface area contributed by atoms with Gasteiger partial charge >= 0.3 is 0 Å². The molecule has 1 aliphatic rings. The Kier molecular flexibility index (Phi) is 5.42. The maximum atomic E-state index is 6.17. The molecular formula is C18H18Br2O3. The van der Waals surface area contributed by atoms with Crippen LogP contribution in [0, 0.1) is 6.92 Å². The van der Waals surface area contributed by atoms with Gasteiger partial charge in [0.05, 0.1) is 11.9 Å². The Labute approximate surface area is 153 Å². The molecule has 0 radical (unpaired) electrons. The molecule has 0 aromatic heterocycles. The Morgan fingerprint density at radius 1 is 1.13 bits per heavy atom. The van der Waals surface area contributed by atoms with E-state index in [2.05, 4.69) is 63.0 Å². The minimum Gasteiger partial charge on any atom is -0.491 e. The van der Waals surface area contributed by atoms with Crippen LogP contribution < -0.4 is 4.74 Å². The van der Waals surface area contributed by atoms with Crippen LogP contribution in [0.5, 0.6) is 5.75 Å². The van der Waals surface area contributed by atoms with Crippen LogP contribution in [0.2, 0.25) is 0 Å². The molecule has 1 heterocycles. The Hall–Kier alpha value is -0.880. The quantitative estimate of drug-likeness (QED) is 0.623. The molecule has 23 heavy (non-hydrogen) atoms. The Morgan fingerprint density at radius 2 is 1.83 bits per heavy atom. The van der Waals surface area contributed by atoms with Crippen molar-refractivity contribution in [3.05, 3.63) is 64.1 Å². The summed E-state index contributed by atoms with van der Waals surface area (Å²) in [5, 5.41) is 0.581. The Balaban J connectivity index is 1.64. The molecule has 3 rings (SSSR count). The van der Waals surface area contributed by atoms with Gasteiger partial charge in [-0.2, -0.15) is 0 Å². The lowest BCUT2D eigenvalue weighted by atomic mass is 10.1. The maximum absolute atomic E-state index is 6.17. The van der Waals surface area contributed by atoms with E-state index in [1.165, 1.54) is 5.56 Å². The number of ether oxygens (including phenoxy) is 3. The average Bonchev–Trinajstić information content (AvgIpc) is 3.00. The summed E-state index contributed by atoms with van der Waals surface area (Å²) >= 11 is 6.94. The molecule has 1 fully saturated rings. The first-order chi connectivity index (χ1) is 11.1. The highest BCUT2D eigenvalue weighted by atomic mass is 79.9. The van der Waals surface area contributed by atoms with E-state index >= 15 is 0 Å². The maximum Gasteiger partial charge on any atom is 0.205 e. The molecule has 3 nitrogen and oxygen atoms in total. The molecule has 0 bridgehead atoms. The summed E-state index contributed by atoms with van der Waals surface area (Å²) < 4.78 is 19.0. The summed E-state index contributed by atoms with van der Waals surface area (Å²) in [5.74, 6) is 0.0880. The van der Waals surface area contributed by atoms with Crippen LogP contribution >= 0.6 is 31.9 Å². The van der Waals surface area contributed by atoms with Gasteiger partial charge < -0.3 is 14.2 Å². The van der Waals surface area contributed by atoms with Gasteiger partial charge in [-0.15, -0.1) is 0 Å². The number of rotatable bonds is 5. The SMILES string of the molecule is Cc1ccc(C2(CBr)OCC(COc3ccc(Br)cc3)O2)cc1. The van der Waals surface area contributed by atoms with Crippen molar-refractivity contribution in [2.24, 2.45) is 0 Å². The van der Waals surface area contributed by atoms with Gasteiger partial charge in [0.1, 0.15) is 18.5 Å².